The monoisotopic (exact) mass is 276 g/mol. The van der Waals surface area contributed by atoms with Gasteiger partial charge in [-0.25, -0.2) is 8.42 Å². The molecule has 1 rings (SSSR count). The number of nitrogens with one attached hydrogen (secondary N) is 1. The van der Waals surface area contributed by atoms with Crippen LogP contribution >= 0.6 is 0 Å². The Balaban J connectivity index is 2.61. The van der Waals surface area contributed by atoms with Gasteiger partial charge in [0.1, 0.15) is 0 Å². The molecule has 0 aliphatic carbocycles. The van der Waals surface area contributed by atoms with E-state index in [0.29, 0.717) is 18.6 Å². The zero-order chi connectivity index (χ0) is 14.0. The molecule has 0 radical (unpaired) electrons. The van der Waals surface area contributed by atoms with Crippen LogP contribution in [-0.2, 0) is 9.84 Å². The lowest BCUT2D eigenvalue weighted by molar-refractivity contribution is 0.219. The summed E-state index contributed by atoms with van der Waals surface area (Å²) in [6, 6.07) is 0.893. The summed E-state index contributed by atoms with van der Waals surface area (Å²) in [5.74, 6) is 0.258. The molecule has 1 fully saturated rings. The van der Waals surface area contributed by atoms with Crippen LogP contribution in [0.1, 0.15) is 41.0 Å². The molecule has 0 saturated carbocycles. The van der Waals surface area contributed by atoms with Crippen LogP contribution in [0.15, 0.2) is 0 Å². The molecule has 4 nitrogen and oxygen atoms in total. The minimum atomic E-state index is -3.01. The van der Waals surface area contributed by atoms with E-state index in [2.05, 4.69) is 24.1 Å². The molecule has 0 spiro atoms. The van der Waals surface area contributed by atoms with E-state index in [4.69, 9.17) is 0 Å². The lowest BCUT2D eigenvalue weighted by Crippen LogP contribution is -2.43. The number of nitrogens with zero attached hydrogens (tertiary/aromatic N) is 1. The van der Waals surface area contributed by atoms with E-state index in [-0.39, 0.29) is 5.75 Å². The van der Waals surface area contributed by atoms with Gasteiger partial charge in [-0.3, -0.25) is 4.90 Å². The second kappa shape index (κ2) is 5.88. The van der Waals surface area contributed by atoms with E-state index >= 15 is 0 Å². The van der Waals surface area contributed by atoms with Gasteiger partial charge in [0, 0.05) is 25.2 Å². The van der Waals surface area contributed by atoms with Crippen LogP contribution in [0.25, 0.3) is 0 Å². The van der Waals surface area contributed by atoms with Crippen LogP contribution in [0.2, 0.25) is 0 Å². The molecule has 2 atom stereocenters. The van der Waals surface area contributed by atoms with Crippen LogP contribution in [0, 0.1) is 0 Å². The van der Waals surface area contributed by atoms with Crippen molar-refractivity contribution in [2.45, 2.75) is 57.9 Å². The van der Waals surface area contributed by atoms with Gasteiger partial charge in [0.15, 0.2) is 9.84 Å². The van der Waals surface area contributed by atoms with Crippen molar-refractivity contribution in [3.8, 4) is 0 Å². The number of sulfone groups is 1. The highest BCUT2D eigenvalue weighted by atomic mass is 32.2. The van der Waals surface area contributed by atoms with Crippen molar-refractivity contribution in [2.24, 2.45) is 0 Å². The van der Waals surface area contributed by atoms with Gasteiger partial charge in [0.05, 0.1) is 10.5 Å². The second-order valence-corrected chi connectivity index (χ2v) is 9.28. The average Bonchev–Trinajstić information content (AvgIpc) is 2.36. The number of rotatable bonds is 3. The first-order valence-corrected chi connectivity index (χ1v) is 8.48. The first-order valence-electron chi connectivity index (χ1n) is 6.83. The maximum absolute atomic E-state index is 12.1. The van der Waals surface area contributed by atoms with Crippen molar-refractivity contribution in [1.82, 2.24) is 10.2 Å². The van der Waals surface area contributed by atoms with Crippen molar-refractivity contribution in [2.75, 3.05) is 25.4 Å². The van der Waals surface area contributed by atoms with Gasteiger partial charge in [-0.2, -0.15) is 0 Å². The summed E-state index contributed by atoms with van der Waals surface area (Å²) in [6.45, 7) is 12.3. The van der Waals surface area contributed by atoms with Crippen LogP contribution in [0.4, 0.5) is 0 Å². The zero-order valence-electron chi connectivity index (χ0n) is 12.4. The Labute approximate surface area is 112 Å². The van der Waals surface area contributed by atoms with Gasteiger partial charge in [0.2, 0.25) is 0 Å². The molecular weight excluding hydrogens is 248 g/mol. The number of hydrogen-bond donors (Lipinski definition) is 1. The molecule has 0 aromatic carbocycles. The fourth-order valence-electron chi connectivity index (χ4n) is 2.17. The van der Waals surface area contributed by atoms with E-state index in [0.717, 1.165) is 19.5 Å². The fraction of sp³-hybridized carbons (Fsp3) is 1.00. The molecule has 1 aliphatic rings. The van der Waals surface area contributed by atoms with Crippen molar-refractivity contribution in [1.29, 1.82) is 0 Å². The van der Waals surface area contributed by atoms with E-state index in [9.17, 15) is 8.42 Å². The maximum atomic E-state index is 12.1. The summed E-state index contributed by atoms with van der Waals surface area (Å²) in [7, 11) is -3.01. The first-order chi connectivity index (χ1) is 8.13. The van der Waals surface area contributed by atoms with Crippen LogP contribution in [0.3, 0.4) is 0 Å². The third-order valence-corrected chi connectivity index (χ3v) is 6.35. The highest BCUT2D eigenvalue weighted by Gasteiger charge is 2.30. The molecule has 0 bridgehead atoms. The smallest absolute Gasteiger partial charge is 0.156 e. The molecule has 108 valence electrons. The first kappa shape index (κ1) is 15.9. The van der Waals surface area contributed by atoms with E-state index in [1.54, 1.807) is 20.8 Å². The summed E-state index contributed by atoms with van der Waals surface area (Å²) in [6.07, 6.45) is 1.08. The number of hydrogen-bond acceptors (Lipinski definition) is 4. The Morgan fingerprint density at radius 2 is 1.89 bits per heavy atom. The van der Waals surface area contributed by atoms with Gasteiger partial charge in [-0.15, -0.1) is 0 Å². The lowest BCUT2D eigenvalue weighted by Gasteiger charge is -2.29. The second-order valence-electron chi connectivity index (χ2n) is 6.42. The van der Waals surface area contributed by atoms with Crippen molar-refractivity contribution >= 4 is 9.84 Å². The Hall–Kier alpha value is -0.130. The molecule has 0 aromatic rings. The molecule has 0 amide bonds. The fourth-order valence-corrected chi connectivity index (χ4v) is 3.26. The average molecular weight is 276 g/mol. The molecule has 1 heterocycles. The van der Waals surface area contributed by atoms with Gasteiger partial charge >= 0.3 is 0 Å². The topological polar surface area (TPSA) is 49.4 Å². The van der Waals surface area contributed by atoms with Crippen molar-refractivity contribution in [3.05, 3.63) is 0 Å². The third-order valence-electron chi connectivity index (χ3n) is 3.77. The van der Waals surface area contributed by atoms with Gasteiger partial charge in [-0.05, 0) is 47.6 Å². The molecule has 2 unspecified atom stereocenters. The predicted octanol–water partition coefficient (Wildman–Crippen LogP) is 1.27. The molecule has 18 heavy (non-hydrogen) atoms. The molecule has 1 aliphatic heterocycles. The normalized spacial score (nSPS) is 28.1. The summed E-state index contributed by atoms with van der Waals surface area (Å²) >= 11 is 0. The van der Waals surface area contributed by atoms with Crippen LogP contribution in [-0.4, -0.2) is 55.5 Å². The highest BCUT2D eigenvalue weighted by Crippen LogP contribution is 2.17. The molecule has 5 heteroatoms. The quantitative estimate of drug-likeness (QED) is 0.843. The summed E-state index contributed by atoms with van der Waals surface area (Å²) < 4.78 is 23.6. The minimum Gasteiger partial charge on any atom is -0.313 e. The SMILES string of the molecule is CC1CN(CCS(=O)(=O)C(C)(C)C)C(C)CCN1. The summed E-state index contributed by atoms with van der Waals surface area (Å²) in [5.41, 5.74) is 0. The minimum absolute atomic E-state index is 0.258. The highest BCUT2D eigenvalue weighted by molar-refractivity contribution is 7.92. The van der Waals surface area contributed by atoms with E-state index < -0.39 is 14.6 Å². The third kappa shape index (κ3) is 4.21. The lowest BCUT2D eigenvalue weighted by atomic mass is 10.2. The van der Waals surface area contributed by atoms with E-state index in [1.165, 1.54) is 0 Å². The van der Waals surface area contributed by atoms with Gasteiger partial charge in [-0.1, -0.05) is 0 Å². The Morgan fingerprint density at radius 1 is 1.28 bits per heavy atom. The van der Waals surface area contributed by atoms with Crippen molar-refractivity contribution in [3.63, 3.8) is 0 Å². The largest absolute Gasteiger partial charge is 0.313 e. The van der Waals surface area contributed by atoms with Gasteiger partial charge in [0.25, 0.3) is 0 Å². The van der Waals surface area contributed by atoms with Crippen molar-refractivity contribution < 1.29 is 8.42 Å². The molecule has 0 aromatic heterocycles. The standard InChI is InChI=1S/C13H28N2O2S/c1-11-10-15(12(2)6-7-14-11)8-9-18(16,17)13(3,4)5/h11-12,14H,6-10H2,1-5H3. The Kier molecular flexibility index (Phi) is 5.21. The summed E-state index contributed by atoms with van der Waals surface area (Å²) in [5, 5.41) is 3.44. The zero-order valence-corrected chi connectivity index (χ0v) is 13.2. The summed E-state index contributed by atoms with van der Waals surface area (Å²) in [4.78, 5) is 2.30. The van der Waals surface area contributed by atoms with Crippen LogP contribution in [0.5, 0.6) is 0 Å². The molecule has 1 N–H and O–H groups in total. The van der Waals surface area contributed by atoms with Crippen LogP contribution < -0.4 is 5.32 Å². The van der Waals surface area contributed by atoms with E-state index in [1.807, 2.05) is 0 Å². The Morgan fingerprint density at radius 3 is 2.44 bits per heavy atom. The molecular formula is C13H28N2O2S. The predicted molar refractivity (Wildman–Crippen MR) is 76.7 cm³/mol. The maximum Gasteiger partial charge on any atom is 0.156 e. The van der Waals surface area contributed by atoms with Gasteiger partial charge < -0.3 is 5.32 Å². The Bertz CT molecular complexity index is 360. The molecule has 1 saturated heterocycles.